The number of anilines is 2. The average Bonchev–Trinajstić information content (AvgIpc) is 3.34. The van der Waals surface area contributed by atoms with Crippen molar-refractivity contribution < 1.29 is 32.6 Å². The molecule has 7 nitrogen and oxygen atoms in total. The van der Waals surface area contributed by atoms with Gasteiger partial charge in [-0.15, -0.1) is 0 Å². The summed E-state index contributed by atoms with van der Waals surface area (Å²) in [6, 6.07) is 4.12. The summed E-state index contributed by atoms with van der Waals surface area (Å²) in [5.41, 5.74) is 0.132. The van der Waals surface area contributed by atoms with Gasteiger partial charge in [0.05, 0.1) is 11.3 Å². The Morgan fingerprint density at radius 2 is 1.64 bits per heavy atom. The number of halogens is 3. The first kappa shape index (κ1) is 23.8. The summed E-state index contributed by atoms with van der Waals surface area (Å²) in [7, 11) is 0. The molecule has 3 saturated heterocycles. The van der Waals surface area contributed by atoms with Crippen LogP contribution in [0.2, 0.25) is 0 Å². The lowest BCUT2D eigenvalue weighted by molar-refractivity contribution is -0.171. The first-order valence-corrected chi connectivity index (χ1v) is 11.6. The Labute approximate surface area is 191 Å². The number of amides is 1. The molecule has 3 fully saturated rings. The average molecular weight is 470 g/mol. The van der Waals surface area contributed by atoms with Crippen LogP contribution in [-0.4, -0.2) is 79.5 Å². The second-order valence-electron chi connectivity index (χ2n) is 8.98. The monoisotopic (exact) mass is 469 g/mol. The van der Waals surface area contributed by atoms with Crippen LogP contribution in [0, 0.1) is 0 Å². The zero-order chi connectivity index (χ0) is 23.6. The highest BCUT2D eigenvalue weighted by molar-refractivity contribution is 6.05. The van der Waals surface area contributed by atoms with Crippen molar-refractivity contribution in [1.82, 2.24) is 4.90 Å². The van der Waals surface area contributed by atoms with Gasteiger partial charge in [0.15, 0.2) is 0 Å². The normalized spacial score (nSPS) is 21.4. The Hall–Kier alpha value is -2.33. The Kier molecular flexibility index (Phi) is 7.13. The van der Waals surface area contributed by atoms with Gasteiger partial charge in [-0.05, 0) is 69.8 Å². The van der Waals surface area contributed by atoms with Gasteiger partial charge >= 0.3 is 18.1 Å². The summed E-state index contributed by atoms with van der Waals surface area (Å²) in [5.74, 6) is -3.40. The largest absolute Gasteiger partial charge is 0.478 e. The summed E-state index contributed by atoms with van der Waals surface area (Å²) in [5, 5.41) is 9.69. The van der Waals surface area contributed by atoms with Crippen LogP contribution < -0.4 is 9.80 Å². The molecule has 0 aliphatic carbocycles. The molecule has 0 saturated carbocycles. The van der Waals surface area contributed by atoms with E-state index in [4.69, 9.17) is 4.74 Å². The maximum absolute atomic E-state index is 13.5. The zero-order valence-corrected chi connectivity index (χ0v) is 18.5. The third-order valence-corrected chi connectivity index (χ3v) is 6.98. The number of hydrogen-bond donors (Lipinski definition) is 1. The number of alkyl halides is 3. The van der Waals surface area contributed by atoms with Crippen LogP contribution >= 0.6 is 0 Å². The zero-order valence-electron chi connectivity index (χ0n) is 18.5. The van der Waals surface area contributed by atoms with Crippen LogP contribution in [0.15, 0.2) is 18.2 Å². The van der Waals surface area contributed by atoms with Gasteiger partial charge in [-0.2, -0.15) is 13.2 Å². The van der Waals surface area contributed by atoms with Crippen LogP contribution in [0.4, 0.5) is 24.5 Å². The lowest BCUT2D eigenvalue weighted by Crippen LogP contribution is -2.50. The lowest BCUT2D eigenvalue weighted by Gasteiger charge is -2.39. The summed E-state index contributed by atoms with van der Waals surface area (Å²) < 4.78 is 45.9. The number of likely N-dealkylation sites (tertiary alicyclic amines) is 1. The Balaban J connectivity index is 1.63. The highest BCUT2D eigenvalue weighted by atomic mass is 19.4. The molecule has 0 aromatic heterocycles. The van der Waals surface area contributed by atoms with E-state index < -0.39 is 24.1 Å². The SMILES string of the molecule is O=C(O)c1ccc(N2CCC(N3CCCC3)CC2)cc1N(C(=O)C(F)(F)F)C1CCOCC1. The molecule has 4 rings (SSSR count). The molecular weight excluding hydrogens is 439 g/mol. The minimum Gasteiger partial charge on any atom is -0.478 e. The molecule has 10 heteroatoms. The third kappa shape index (κ3) is 5.27. The van der Waals surface area contributed by atoms with E-state index in [1.54, 1.807) is 6.07 Å². The maximum Gasteiger partial charge on any atom is 0.471 e. The van der Waals surface area contributed by atoms with Crippen LogP contribution in [0.1, 0.15) is 48.9 Å². The Morgan fingerprint density at radius 1 is 1.00 bits per heavy atom. The lowest BCUT2D eigenvalue weighted by atomic mass is 10.0. The third-order valence-electron chi connectivity index (χ3n) is 6.98. The first-order chi connectivity index (χ1) is 15.8. The molecule has 1 amide bonds. The molecule has 0 atom stereocenters. The number of carboxylic acid groups (broad SMARTS) is 1. The van der Waals surface area contributed by atoms with Crippen molar-refractivity contribution in [3.8, 4) is 0 Å². The number of aromatic carboxylic acids is 1. The Morgan fingerprint density at radius 3 is 2.21 bits per heavy atom. The summed E-state index contributed by atoms with van der Waals surface area (Å²) >= 11 is 0. The molecule has 0 bridgehead atoms. The number of piperidine rings is 1. The van der Waals surface area contributed by atoms with E-state index >= 15 is 0 Å². The molecule has 3 heterocycles. The quantitative estimate of drug-likeness (QED) is 0.712. The number of benzene rings is 1. The fraction of sp³-hybridized carbons (Fsp3) is 0.652. The minimum atomic E-state index is -5.11. The number of hydrogen-bond acceptors (Lipinski definition) is 5. The Bertz CT molecular complexity index is 859. The van der Waals surface area contributed by atoms with Crippen LogP contribution in [0.3, 0.4) is 0 Å². The fourth-order valence-corrected chi connectivity index (χ4v) is 5.24. The molecule has 0 unspecified atom stereocenters. The summed E-state index contributed by atoms with van der Waals surface area (Å²) in [4.78, 5) is 29.6. The molecule has 0 spiro atoms. The van der Waals surface area contributed by atoms with Gasteiger partial charge < -0.3 is 24.5 Å². The molecule has 0 radical (unpaired) electrons. The van der Waals surface area contributed by atoms with Crippen LogP contribution in [-0.2, 0) is 9.53 Å². The van der Waals surface area contributed by atoms with Gasteiger partial charge in [0.25, 0.3) is 0 Å². The van der Waals surface area contributed by atoms with Gasteiger partial charge in [-0.25, -0.2) is 4.79 Å². The molecule has 3 aliphatic heterocycles. The van der Waals surface area contributed by atoms with E-state index in [0.29, 0.717) is 16.6 Å². The first-order valence-electron chi connectivity index (χ1n) is 11.6. The van der Waals surface area contributed by atoms with E-state index in [1.807, 2.05) is 0 Å². The van der Waals surface area contributed by atoms with Gasteiger partial charge in [-0.3, -0.25) is 4.79 Å². The molecule has 1 aromatic rings. The molecule has 1 aromatic carbocycles. The van der Waals surface area contributed by atoms with E-state index in [-0.39, 0.29) is 37.3 Å². The highest BCUT2D eigenvalue weighted by Gasteiger charge is 2.46. The second-order valence-corrected chi connectivity index (χ2v) is 8.98. The van der Waals surface area contributed by atoms with Crippen molar-refractivity contribution >= 4 is 23.3 Å². The highest BCUT2D eigenvalue weighted by Crippen LogP contribution is 2.35. The molecule has 1 N–H and O–H groups in total. The summed E-state index contributed by atoms with van der Waals surface area (Å²) in [6.45, 7) is 4.13. The number of rotatable bonds is 5. The van der Waals surface area contributed by atoms with Gasteiger partial charge in [0.1, 0.15) is 0 Å². The van der Waals surface area contributed by atoms with Crippen molar-refractivity contribution in [3.05, 3.63) is 23.8 Å². The molecule has 33 heavy (non-hydrogen) atoms. The maximum atomic E-state index is 13.5. The van der Waals surface area contributed by atoms with E-state index in [0.717, 1.165) is 39.0 Å². The van der Waals surface area contributed by atoms with Crippen LogP contribution in [0.5, 0.6) is 0 Å². The number of ether oxygens (including phenoxy) is 1. The van der Waals surface area contributed by atoms with Crippen molar-refractivity contribution in [2.75, 3.05) is 49.2 Å². The fourth-order valence-electron chi connectivity index (χ4n) is 5.24. The van der Waals surface area contributed by atoms with Gasteiger partial charge in [0.2, 0.25) is 0 Å². The second kappa shape index (κ2) is 9.89. The number of carbonyl (C=O) groups is 2. The van der Waals surface area contributed by atoms with E-state index in [1.165, 1.54) is 25.0 Å². The minimum absolute atomic E-state index is 0.198. The van der Waals surface area contributed by atoms with E-state index in [2.05, 4.69) is 9.80 Å². The van der Waals surface area contributed by atoms with Crippen molar-refractivity contribution in [2.24, 2.45) is 0 Å². The van der Waals surface area contributed by atoms with Crippen LogP contribution in [0.25, 0.3) is 0 Å². The van der Waals surface area contributed by atoms with Gasteiger partial charge in [0, 0.05) is 44.1 Å². The molecular formula is C23H30F3N3O4. The number of carboxylic acids is 1. The molecule has 3 aliphatic rings. The van der Waals surface area contributed by atoms with Crippen molar-refractivity contribution in [3.63, 3.8) is 0 Å². The van der Waals surface area contributed by atoms with Crippen molar-refractivity contribution in [1.29, 1.82) is 0 Å². The van der Waals surface area contributed by atoms with Crippen molar-refractivity contribution in [2.45, 2.75) is 56.8 Å². The van der Waals surface area contributed by atoms with Gasteiger partial charge in [-0.1, -0.05) is 0 Å². The smallest absolute Gasteiger partial charge is 0.471 e. The summed E-state index contributed by atoms with van der Waals surface area (Å²) in [6.07, 6.45) is -0.357. The molecule has 182 valence electrons. The van der Waals surface area contributed by atoms with E-state index in [9.17, 15) is 27.9 Å². The topological polar surface area (TPSA) is 73.3 Å². The number of nitrogens with zero attached hydrogens (tertiary/aromatic N) is 3. The number of carbonyl (C=O) groups excluding carboxylic acids is 1. The predicted molar refractivity (Wildman–Crippen MR) is 117 cm³/mol. The standard InChI is InChI=1S/C23H30F3N3O4/c24-23(25,26)22(32)29(17-7-13-33-14-8-17)20-15-18(3-4-19(20)21(30)31)28-11-5-16(6-12-28)27-9-1-2-10-27/h3-4,15-17H,1-2,5-14H2,(H,30,31). The predicted octanol–water partition coefficient (Wildman–Crippen LogP) is 3.52.